The molecular formula is C64H60ClF5N4O13. The zero-order valence-electron chi connectivity index (χ0n) is 47.1. The fourth-order valence-electron chi connectivity index (χ4n) is 8.40. The Labute approximate surface area is 502 Å². The minimum atomic E-state index is -2.51. The van der Waals surface area contributed by atoms with E-state index in [0.29, 0.717) is 33.4 Å². The lowest BCUT2D eigenvalue weighted by atomic mass is 9.95. The molecule has 0 heterocycles. The van der Waals surface area contributed by atoms with Gasteiger partial charge in [-0.25, -0.2) is 37.1 Å². The van der Waals surface area contributed by atoms with E-state index < -0.39 is 120 Å². The number of esters is 2. The van der Waals surface area contributed by atoms with Crippen molar-refractivity contribution >= 4 is 47.7 Å². The van der Waals surface area contributed by atoms with Crippen molar-refractivity contribution in [2.75, 3.05) is 6.54 Å². The summed E-state index contributed by atoms with van der Waals surface area (Å²) in [5.41, 5.74) is 2.57. The van der Waals surface area contributed by atoms with E-state index in [1.165, 1.54) is 18.2 Å². The number of halogens is 6. The van der Waals surface area contributed by atoms with E-state index in [-0.39, 0.29) is 54.7 Å². The molecule has 0 aliphatic heterocycles. The SMILES string of the molecule is CC(C)(C)OC(=O)N[C@@H](C[C@@H](O)CNC(=O)OCc1ccccc1)C(=O)N[C@@H](Cc1cc(-c2ccc(OCc3ccccc3)c(C[C@H](NC(=O)OCc3ccccc3)C(=O)Oc3c(F)c(F)c(F)c(F)c3F)c2)ccc1Cl)C(=O)OCc1ccccc1. The van der Waals surface area contributed by atoms with Crippen molar-refractivity contribution in [1.29, 1.82) is 0 Å². The van der Waals surface area contributed by atoms with E-state index in [1.807, 2.05) is 0 Å². The molecular weight excluding hydrogens is 1160 g/mol. The maximum absolute atomic E-state index is 15.0. The second kappa shape index (κ2) is 31.0. The second-order valence-corrected chi connectivity index (χ2v) is 21.0. The molecule has 5 N–H and O–H groups in total. The molecule has 4 amide bonds. The van der Waals surface area contributed by atoms with Gasteiger partial charge in [0.2, 0.25) is 40.7 Å². The molecule has 0 bridgehead atoms. The van der Waals surface area contributed by atoms with E-state index in [9.17, 15) is 55.8 Å². The van der Waals surface area contributed by atoms with E-state index in [2.05, 4.69) is 21.3 Å². The minimum Gasteiger partial charge on any atom is -0.489 e. The zero-order valence-corrected chi connectivity index (χ0v) is 47.8. The average Bonchev–Trinajstić information content (AvgIpc) is 3.65. The molecule has 0 fully saturated rings. The summed E-state index contributed by atoms with van der Waals surface area (Å²) in [5, 5.41) is 21.0. The van der Waals surface area contributed by atoms with Gasteiger partial charge in [0.1, 0.15) is 55.9 Å². The highest BCUT2D eigenvalue weighted by Gasteiger charge is 2.34. The van der Waals surface area contributed by atoms with Gasteiger partial charge in [-0.3, -0.25) is 4.79 Å². The Hall–Kier alpha value is -9.54. The van der Waals surface area contributed by atoms with Crippen molar-refractivity contribution in [2.24, 2.45) is 0 Å². The smallest absolute Gasteiger partial charge is 0.408 e. The molecule has 23 heteroatoms. The second-order valence-electron chi connectivity index (χ2n) is 20.6. The molecule has 7 aromatic carbocycles. The monoisotopic (exact) mass is 1220 g/mol. The number of rotatable bonds is 25. The van der Waals surface area contributed by atoms with Crippen LogP contribution in [0.25, 0.3) is 11.1 Å². The molecule has 0 aliphatic carbocycles. The third kappa shape index (κ3) is 19.8. The number of carbonyl (C=O) groups is 6. The summed E-state index contributed by atoms with van der Waals surface area (Å²) in [5.74, 6) is -17.7. The summed E-state index contributed by atoms with van der Waals surface area (Å²) in [6.45, 7) is 3.65. The lowest BCUT2D eigenvalue weighted by Crippen LogP contribution is -2.54. The van der Waals surface area contributed by atoms with E-state index >= 15 is 0 Å². The number of aliphatic hydroxyl groups is 1. The summed E-state index contributed by atoms with van der Waals surface area (Å²) in [7, 11) is 0. The first kappa shape index (κ1) is 65.0. The van der Waals surface area contributed by atoms with Crippen LogP contribution in [0.3, 0.4) is 0 Å². The van der Waals surface area contributed by atoms with Crippen LogP contribution in [0.5, 0.6) is 11.5 Å². The van der Waals surface area contributed by atoms with Crippen LogP contribution in [-0.4, -0.2) is 77.6 Å². The number of hydrogen-bond donors (Lipinski definition) is 5. The molecule has 87 heavy (non-hydrogen) atoms. The highest BCUT2D eigenvalue weighted by atomic mass is 35.5. The molecule has 7 rings (SSSR count). The standard InChI is InChI=1S/C64H60ClF5N4O13/c1-64(2,3)87-63(81)73-48(32-46(75)33-71-61(79)84-36-40-20-12-6-13-21-40)58(76)72-49(59(77)83-35-39-18-10-5-11-19-39)30-44-28-42(24-26-47(44)65)43-25-27-51(82-34-38-16-8-4-9-17-38)45(29-43)31-50(74-62(80)85-37-41-22-14-7-15-23-41)60(78)86-57-55(69)53(67)52(66)54(68)56(57)70/h4-29,46,48-50,75H,30-37H2,1-3H3,(H,71,79)(H,72,76)(H,73,81)(H,74,80)/t46-,48+,49+,50+/m1/s1. The molecule has 0 aromatic heterocycles. The third-order valence-corrected chi connectivity index (χ3v) is 13.1. The van der Waals surface area contributed by atoms with E-state index in [0.717, 1.165) is 0 Å². The van der Waals surface area contributed by atoms with Crippen LogP contribution in [0.2, 0.25) is 5.02 Å². The lowest BCUT2D eigenvalue weighted by Gasteiger charge is -2.26. The van der Waals surface area contributed by atoms with Crippen LogP contribution in [0.4, 0.5) is 36.3 Å². The highest BCUT2D eigenvalue weighted by molar-refractivity contribution is 6.31. The molecule has 456 valence electrons. The van der Waals surface area contributed by atoms with Gasteiger partial charge in [-0.05, 0) is 89.5 Å². The largest absolute Gasteiger partial charge is 0.489 e. The Morgan fingerprint density at radius 1 is 0.506 bits per heavy atom. The number of alkyl carbamates (subject to hydrolysis) is 3. The molecule has 4 atom stereocenters. The van der Waals surface area contributed by atoms with E-state index in [4.69, 9.17) is 40.0 Å². The average molecular weight is 1220 g/mol. The summed E-state index contributed by atoms with van der Waals surface area (Å²) in [6.07, 6.45) is -6.16. The van der Waals surface area contributed by atoms with Crippen LogP contribution in [0.1, 0.15) is 60.6 Å². The van der Waals surface area contributed by atoms with Gasteiger partial charge < -0.3 is 54.8 Å². The van der Waals surface area contributed by atoms with Crippen LogP contribution < -0.4 is 30.7 Å². The van der Waals surface area contributed by atoms with Gasteiger partial charge in [0.05, 0.1) is 6.10 Å². The first-order valence-corrected chi connectivity index (χ1v) is 27.4. The first-order valence-electron chi connectivity index (χ1n) is 27.0. The Morgan fingerprint density at radius 2 is 0.954 bits per heavy atom. The molecule has 0 spiro atoms. The predicted octanol–water partition coefficient (Wildman–Crippen LogP) is 11.1. The molecule has 0 unspecified atom stereocenters. The molecule has 0 saturated heterocycles. The van der Waals surface area contributed by atoms with Gasteiger partial charge in [0.25, 0.3) is 0 Å². The van der Waals surface area contributed by atoms with Gasteiger partial charge in [-0.2, -0.15) is 8.78 Å². The molecule has 7 aromatic rings. The van der Waals surface area contributed by atoms with Crippen LogP contribution >= 0.6 is 11.6 Å². The number of aliphatic hydroxyl groups excluding tert-OH is 1. The fourth-order valence-corrected chi connectivity index (χ4v) is 8.59. The first-order chi connectivity index (χ1) is 41.6. The Morgan fingerprint density at radius 3 is 1.49 bits per heavy atom. The van der Waals surface area contributed by atoms with Crippen molar-refractivity contribution in [3.8, 4) is 22.6 Å². The van der Waals surface area contributed by atoms with Gasteiger partial charge in [-0.15, -0.1) is 0 Å². The van der Waals surface area contributed by atoms with Gasteiger partial charge in [0, 0.05) is 30.8 Å². The van der Waals surface area contributed by atoms with Crippen molar-refractivity contribution < 1.29 is 84.2 Å². The maximum atomic E-state index is 15.0. The molecule has 0 saturated carbocycles. The van der Waals surface area contributed by atoms with Crippen molar-refractivity contribution in [3.63, 3.8) is 0 Å². The number of hydrogen-bond acceptors (Lipinski definition) is 13. The predicted molar refractivity (Wildman–Crippen MR) is 307 cm³/mol. The minimum absolute atomic E-state index is 0.0498. The topological polar surface area (TPSA) is 226 Å². The van der Waals surface area contributed by atoms with Crippen LogP contribution in [0.15, 0.2) is 158 Å². The van der Waals surface area contributed by atoms with Crippen molar-refractivity contribution in [1.82, 2.24) is 21.3 Å². The maximum Gasteiger partial charge on any atom is 0.408 e. The quantitative estimate of drug-likeness (QED) is 0.00898. The molecule has 17 nitrogen and oxygen atoms in total. The van der Waals surface area contributed by atoms with Gasteiger partial charge in [-0.1, -0.05) is 145 Å². The summed E-state index contributed by atoms with van der Waals surface area (Å²) >= 11 is 6.85. The van der Waals surface area contributed by atoms with E-state index in [1.54, 1.807) is 160 Å². The normalized spacial score (nSPS) is 12.5. The number of ether oxygens (including phenoxy) is 6. The fraction of sp³-hybridized carbons (Fsp3) is 0.250. The Bertz CT molecular complexity index is 3490. The lowest BCUT2D eigenvalue weighted by molar-refractivity contribution is -0.149. The van der Waals surface area contributed by atoms with Crippen molar-refractivity contribution in [3.05, 3.63) is 225 Å². The highest BCUT2D eigenvalue weighted by Crippen LogP contribution is 2.33. The van der Waals surface area contributed by atoms with Gasteiger partial charge >= 0.3 is 30.2 Å². The Balaban J connectivity index is 1.20. The third-order valence-electron chi connectivity index (χ3n) is 12.7. The number of amides is 4. The Kier molecular flexibility index (Phi) is 23.2. The number of carbonyl (C=O) groups excluding carboxylic acids is 6. The number of benzene rings is 7. The molecule has 0 radical (unpaired) electrons. The zero-order chi connectivity index (χ0) is 62.6. The van der Waals surface area contributed by atoms with Gasteiger partial charge in [0.15, 0.2) is 0 Å². The number of nitrogens with one attached hydrogen (secondary N) is 4. The molecule has 0 aliphatic rings. The van der Waals surface area contributed by atoms with Crippen molar-refractivity contribution in [2.45, 2.75) is 96.3 Å². The summed E-state index contributed by atoms with van der Waals surface area (Å²) in [6, 6.07) is 38.7. The van der Waals surface area contributed by atoms with Crippen LogP contribution in [0, 0.1) is 29.1 Å². The summed E-state index contributed by atoms with van der Waals surface area (Å²) < 4.78 is 106. The summed E-state index contributed by atoms with van der Waals surface area (Å²) in [4.78, 5) is 81.8. The van der Waals surface area contributed by atoms with Crippen LogP contribution in [-0.2, 0) is 72.6 Å².